The monoisotopic (exact) mass is 404 g/mol. The number of anilines is 1. The molecule has 3 rings (SSSR count). The lowest BCUT2D eigenvalue weighted by atomic mass is 10.1. The van der Waals surface area contributed by atoms with Crippen LogP contribution < -0.4 is 5.32 Å². The molecular formula is C20H29ClN4OSi. The largest absolute Gasteiger partial charge is 0.412 e. The van der Waals surface area contributed by atoms with Crippen LogP contribution in [0.1, 0.15) is 38.3 Å². The van der Waals surface area contributed by atoms with Gasteiger partial charge in [-0.3, -0.25) is 4.99 Å². The molecule has 7 heteroatoms. The van der Waals surface area contributed by atoms with Crippen molar-refractivity contribution in [3.05, 3.63) is 28.3 Å². The molecule has 2 aliphatic heterocycles. The molecule has 1 N–H and O–H groups in total. The zero-order chi connectivity index (χ0) is 20.0. The van der Waals surface area contributed by atoms with E-state index in [1.54, 1.807) is 6.07 Å². The van der Waals surface area contributed by atoms with Crippen molar-refractivity contribution < 1.29 is 4.43 Å². The maximum Gasteiger partial charge on any atom is 0.198 e. The van der Waals surface area contributed by atoms with E-state index in [1.807, 2.05) is 13.0 Å². The molecular weight excluding hydrogens is 376 g/mol. The van der Waals surface area contributed by atoms with Crippen LogP contribution in [-0.2, 0) is 4.43 Å². The summed E-state index contributed by atoms with van der Waals surface area (Å²) < 4.78 is 6.69. The van der Waals surface area contributed by atoms with Gasteiger partial charge in [0.2, 0.25) is 0 Å². The second kappa shape index (κ2) is 7.12. The molecule has 27 heavy (non-hydrogen) atoms. The number of hydrogen-bond donors (Lipinski definition) is 1. The highest BCUT2D eigenvalue weighted by Gasteiger charge is 2.46. The van der Waals surface area contributed by atoms with Gasteiger partial charge in [-0.1, -0.05) is 32.4 Å². The third-order valence-corrected chi connectivity index (χ3v) is 11.2. The first kappa shape index (κ1) is 20.2. The summed E-state index contributed by atoms with van der Waals surface area (Å²) in [5, 5.41) is 13.3. The smallest absolute Gasteiger partial charge is 0.198 e. The summed E-state index contributed by atoms with van der Waals surface area (Å²) in [5.74, 6) is 0.880. The quantitative estimate of drug-likeness (QED) is 0.737. The Kier molecular flexibility index (Phi) is 5.32. The highest BCUT2D eigenvalue weighted by molar-refractivity contribution is 6.74. The van der Waals surface area contributed by atoms with Gasteiger partial charge >= 0.3 is 0 Å². The minimum Gasteiger partial charge on any atom is -0.412 e. The second-order valence-corrected chi connectivity index (χ2v) is 14.1. The molecule has 146 valence electrons. The molecule has 1 fully saturated rings. The average Bonchev–Trinajstić information content (AvgIpc) is 3.14. The number of hydrogen-bond acceptors (Lipinski definition) is 5. The van der Waals surface area contributed by atoms with Crippen molar-refractivity contribution >= 4 is 31.6 Å². The maximum absolute atomic E-state index is 9.12. The minimum atomic E-state index is -1.80. The molecule has 2 atom stereocenters. The Labute approximate surface area is 168 Å². The maximum atomic E-state index is 9.12. The summed E-state index contributed by atoms with van der Waals surface area (Å²) in [6.45, 7) is 15.1. The molecule has 0 aromatic heterocycles. The number of rotatable bonds is 3. The zero-order valence-corrected chi connectivity index (χ0v) is 18.8. The second-order valence-electron chi connectivity index (χ2n) is 8.97. The van der Waals surface area contributed by atoms with Crippen molar-refractivity contribution in [2.75, 3.05) is 18.4 Å². The summed E-state index contributed by atoms with van der Waals surface area (Å²) in [7, 11) is -1.80. The standard InChI is InChI=1S/C20H29ClN4OSi/c1-13-15(8-7-14(11-22)18(13)21)24-19-23-12-16-17(9-10-25(16)19)26-27(5,6)20(2,3)4/h7-8,16-17H,9-10,12H2,1-6H3,(H,23,24)/t16-,17+/m1/s1. The Bertz CT molecular complexity index is 809. The van der Waals surface area contributed by atoms with E-state index in [1.165, 1.54) is 0 Å². The van der Waals surface area contributed by atoms with E-state index in [-0.39, 0.29) is 11.1 Å². The lowest BCUT2D eigenvalue weighted by molar-refractivity contribution is 0.155. The predicted molar refractivity (Wildman–Crippen MR) is 114 cm³/mol. The summed E-state index contributed by atoms with van der Waals surface area (Å²) >= 11 is 6.30. The van der Waals surface area contributed by atoms with Gasteiger partial charge in [0.25, 0.3) is 0 Å². The first-order valence-corrected chi connectivity index (χ1v) is 12.8. The lowest BCUT2D eigenvalue weighted by Gasteiger charge is -2.39. The van der Waals surface area contributed by atoms with Gasteiger partial charge in [-0.15, -0.1) is 0 Å². The first-order chi connectivity index (χ1) is 12.5. The fraction of sp³-hybridized carbons (Fsp3) is 0.600. The van der Waals surface area contributed by atoms with Crippen LogP contribution >= 0.6 is 11.6 Å². The van der Waals surface area contributed by atoms with E-state index < -0.39 is 8.32 Å². The molecule has 0 spiro atoms. The summed E-state index contributed by atoms with van der Waals surface area (Å²) in [6.07, 6.45) is 1.27. The Morgan fingerprint density at radius 2 is 2.07 bits per heavy atom. The SMILES string of the molecule is Cc1c(NC2=NC[C@@H]3[C@@H](O[Si](C)(C)C(C)(C)C)CCN23)ccc(C#N)c1Cl. The van der Waals surface area contributed by atoms with E-state index in [2.05, 4.69) is 50.2 Å². The first-order valence-electron chi connectivity index (χ1n) is 9.50. The van der Waals surface area contributed by atoms with Crippen LogP contribution in [0.4, 0.5) is 5.69 Å². The fourth-order valence-electron chi connectivity index (χ4n) is 3.41. The van der Waals surface area contributed by atoms with Crippen LogP contribution in [-0.4, -0.2) is 44.4 Å². The molecule has 0 saturated carbocycles. The highest BCUT2D eigenvalue weighted by atomic mass is 35.5. The van der Waals surface area contributed by atoms with Gasteiger partial charge in [0.1, 0.15) is 6.07 Å². The van der Waals surface area contributed by atoms with Gasteiger partial charge in [0.15, 0.2) is 14.3 Å². The molecule has 1 saturated heterocycles. The van der Waals surface area contributed by atoms with Crippen molar-refractivity contribution in [2.24, 2.45) is 4.99 Å². The summed E-state index contributed by atoms with van der Waals surface area (Å²) in [4.78, 5) is 7.05. The van der Waals surface area contributed by atoms with E-state index in [9.17, 15) is 0 Å². The summed E-state index contributed by atoms with van der Waals surface area (Å²) in [5.41, 5.74) is 2.26. The molecule has 1 aromatic carbocycles. The van der Waals surface area contributed by atoms with Gasteiger partial charge in [0.05, 0.1) is 29.3 Å². The Morgan fingerprint density at radius 3 is 2.70 bits per heavy atom. The normalized spacial score (nSPS) is 22.4. The molecule has 5 nitrogen and oxygen atoms in total. The van der Waals surface area contributed by atoms with Crippen LogP contribution in [0, 0.1) is 18.3 Å². The third kappa shape index (κ3) is 3.73. The van der Waals surface area contributed by atoms with Crippen LogP contribution in [0.15, 0.2) is 17.1 Å². The van der Waals surface area contributed by atoms with Gasteiger partial charge in [-0.05, 0) is 49.2 Å². The third-order valence-electron chi connectivity index (χ3n) is 6.19. The van der Waals surface area contributed by atoms with Crippen molar-refractivity contribution in [1.82, 2.24) is 4.90 Å². The van der Waals surface area contributed by atoms with Gasteiger partial charge in [0, 0.05) is 12.2 Å². The van der Waals surface area contributed by atoms with E-state index >= 15 is 0 Å². The number of aliphatic imine (C=N–C) groups is 1. The Balaban J connectivity index is 1.71. The van der Waals surface area contributed by atoms with E-state index in [0.29, 0.717) is 16.6 Å². The van der Waals surface area contributed by atoms with Gasteiger partial charge in [-0.2, -0.15) is 5.26 Å². The van der Waals surface area contributed by atoms with Crippen molar-refractivity contribution in [3.63, 3.8) is 0 Å². The number of fused-ring (bicyclic) bond motifs is 1. The van der Waals surface area contributed by atoms with Gasteiger partial charge < -0.3 is 14.6 Å². The van der Waals surface area contributed by atoms with Crippen molar-refractivity contribution in [2.45, 2.75) is 64.4 Å². The Hall–Kier alpha value is -1.55. The number of guanidine groups is 1. The molecule has 2 aliphatic rings. The van der Waals surface area contributed by atoms with Crippen LogP contribution in [0.5, 0.6) is 0 Å². The van der Waals surface area contributed by atoms with Crippen LogP contribution in [0.3, 0.4) is 0 Å². The number of nitriles is 1. The van der Waals surface area contributed by atoms with Crippen molar-refractivity contribution in [1.29, 1.82) is 5.26 Å². The molecule has 0 radical (unpaired) electrons. The number of benzene rings is 1. The number of halogens is 1. The number of nitrogens with one attached hydrogen (secondary N) is 1. The van der Waals surface area contributed by atoms with Crippen LogP contribution in [0.25, 0.3) is 0 Å². The number of nitrogens with zero attached hydrogens (tertiary/aromatic N) is 3. The zero-order valence-electron chi connectivity index (χ0n) is 17.1. The lowest BCUT2D eigenvalue weighted by Crippen LogP contribution is -2.48. The molecule has 0 bridgehead atoms. The summed E-state index contributed by atoms with van der Waals surface area (Å²) in [6, 6.07) is 6.07. The predicted octanol–water partition coefficient (Wildman–Crippen LogP) is 4.77. The highest BCUT2D eigenvalue weighted by Crippen LogP contribution is 2.40. The fourth-order valence-corrected chi connectivity index (χ4v) is 5.00. The molecule has 0 unspecified atom stereocenters. The van der Waals surface area contributed by atoms with Gasteiger partial charge in [-0.25, -0.2) is 0 Å². The molecule has 0 aliphatic carbocycles. The van der Waals surface area contributed by atoms with E-state index in [4.69, 9.17) is 26.3 Å². The molecule has 0 amide bonds. The molecule has 1 aromatic rings. The van der Waals surface area contributed by atoms with Crippen LogP contribution in [0.2, 0.25) is 23.2 Å². The average molecular weight is 405 g/mol. The minimum absolute atomic E-state index is 0.206. The topological polar surface area (TPSA) is 60.7 Å². The molecule has 2 heterocycles. The van der Waals surface area contributed by atoms with E-state index in [0.717, 1.165) is 36.7 Å². The van der Waals surface area contributed by atoms with Crippen molar-refractivity contribution in [3.8, 4) is 6.07 Å². The Morgan fingerprint density at radius 1 is 1.37 bits per heavy atom.